The molecule has 0 saturated carbocycles. The average molecular weight is 306 g/mol. The minimum absolute atomic E-state index is 0.00963. The summed E-state index contributed by atoms with van der Waals surface area (Å²) in [4.78, 5) is 1.40. The van der Waals surface area contributed by atoms with E-state index in [1.54, 1.807) is 6.08 Å². The second-order valence-electron chi connectivity index (χ2n) is 6.35. The van der Waals surface area contributed by atoms with E-state index in [0.717, 1.165) is 0 Å². The third kappa shape index (κ3) is 1.28. The molecule has 1 aromatic carbocycles. The van der Waals surface area contributed by atoms with E-state index < -0.39 is 36.5 Å². The number of hydrogen-bond acceptors (Lipinski definition) is 4. The molecular weight excluding hydrogens is 278 g/mol. The number of benzene rings is 1. The molecule has 2 unspecified atom stereocenters. The number of piperidine rings is 1. The van der Waals surface area contributed by atoms with Crippen LogP contribution in [0, 0.1) is 5.92 Å². The van der Waals surface area contributed by atoms with Crippen LogP contribution in [0.1, 0.15) is 27.1 Å². The molecule has 1 N–H and O–H groups in total. The quantitative estimate of drug-likeness (QED) is 0.799. The molecule has 0 aromatic heterocycles. The molecule has 5 atom stereocenters. The molecule has 116 valence electrons. The number of aliphatic hydroxyl groups is 1. The molecule has 1 fully saturated rings. The van der Waals surface area contributed by atoms with E-state index in [-0.39, 0.29) is 43.0 Å². The summed E-state index contributed by atoms with van der Waals surface area (Å²) >= 11 is 0. The van der Waals surface area contributed by atoms with Gasteiger partial charge in [-0.1, -0.05) is 18.2 Å². The van der Waals surface area contributed by atoms with Gasteiger partial charge in [0.05, 0.1) is 12.6 Å². The van der Waals surface area contributed by atoms with Gasteiger partial charge in [-0.25, -0.2) is 0 Å². The van der Waals surface area contributed by atoms with Crippen molar-refractivity contribution in [3.05, 3.63) is 35.4 Å². The molecule has 0 amide bonds. The van der Waals surface area contributed by atoms with Crippen LogP contribution >= 0.6 is 0 Å². The maximum atomic E-state index is 10.9. The highest BCUT2D eigenvalue weighted by Gasteiger charge is 2.64. The van der Waals surface area contributed by atoms with Gasteiger partial charge in [-0.3, -0.25) is 0 Å². The lowest BCUT2D eigenvalue weighted by Crippen LogP contribution is -2.64. The lowest BCUT2D eigenvalue weighted by atomic mass is 9.53. The van der Waals surface area contributed by atoms with Crippen LogP contribution in [0.2, 0.25) is 0 Å². The Hall–Kier alpha value is -1.52. The summed E-state index contributed by atoms with van der Waals surface area (Å²) in [6.07, 6.45) is -1.33. The first-order valence-corrected chi connectivity index (χ1v) is 7.48. The predicted octanol–water partition coefficient (Wildman–Crippen LogP) is 1.50. The minimum atomic E-state index is -2.39. The zero-order chi connectivity index (χ0) is 21.1. The third-order valence-corrected chi connectivity index (χ3v) is 5.56. The topological polar surface area (TPSA) is 41.9 Å². The van der Waals surface area contributed by atoms with Crippen molar-refractivity contribution in [2.45, 2.75) is 36.5 Å². The summed E-state index contributed by atoms with van der Waals surface area (Å²) in [6, 6.07) is -0.864. The van der Waals surface area contributed by atoms with Crippen molar-refractivity contribution in [3.8, 4) is 11.5 Å². The minimum Gasteiger partial charge on any atom is -0.493 e. The normalized spacial score (nSPS) is 52.9. The van der Waals surface area contributed by atoms with Gasteiger partial charge in [-0.15, -0.1) is 0 Å². The highest BCUT2D eigenvalue weighted by atomic mass is 16.5. The summed E-state index contributed by atoms with van der Waals surface area (Å²) in [7, 11) is 1.35. The summed E-state index contributed by atoms with van der Waals surface area (Å²) < 4.78 is 69.6. The lowest BCUT2D eigenvalue weighted by Gasteiger charge is -2.56. The van der Waals surface area contributed by atoms with Crippen LogP contribution in [-0.2, 0) is 11.8 Å². The Morgan fingerprint density at radius 3 is 3.27 bits per heavy atom. The maximum Gasteiger partial charge on any atom is 0.165 e. The van der Waals surface area contributed by atoms with Gasteiger partial charge in [0, 0.05) is 27.1 Å². The summed E-state index contributed by atoms with van der Waals surface area (Å²) in [5.41, 5.74) is -0.238. The molecule has 1 spiro atoms. The molecule has 1 aromatic rings. The van der Waals surface area contributed by atoms with Gasteiger partial charge in [0.25, 0.3) is 0 Å². The number of methoxy groups -OCH3 is 1. The van der Waals surface area contributed by atoms with Gasteiger partial charge in [0.2, 0.25) is 0 Å². The first-order valence-electron chi connectivity index (χ1n) is 11.0. The molecule has 2 aliphatic heterocycles. The highest BCUT2D eigenvalue weighted by Crippen LogP contribution is 2.62. The van der Waals surface area contributed by atoms with Gasteiger partial charge in [-0.05, 0) is 38.0 Å². The molecule has 1 saturated heterocycles. The van der Waals surface area contributed by atoms with Crippen molar-refractivity contribution in [2.24, 2.45) is 5.92 Å². The Labute approximate surface area is 140 Å². The predicted molar refractivity (Wildman–Crippen MR) is 82.5 cm³/mol. The summed E-state index contributed by atoms with van der Waals surface area (Å²) in [5, 5.41) is 10.9. The molecule has 4 nitrogen and oxygen atoms in total. The van der Waals surface area contributed by atoms with Crippen molar-refractivity contribution >= 4 is 0 Å². The van der Waals surface area contributed by atoms with E-state index in [1.165, 1.54) is 18.1 Å². The monoisotopic (exact) mass is 306 g/mol. The Kier molecular flexibility index (Phi) is 1.45. The molecule has 0 radical (unpaired) electrons. The largest absolute Gasteiger partial charge is 0.493 e. The Morgan fingerprint density at radius 1 is 1.55 bits per heavy atom. The van der Waals surface area contributed by atoms with Crippen LogP contribution in [0.15, 0.2) is 24.2 Å². The Balaban J connectivity index is 1.88. The molecule has 2 heterocycles. The Morgan fingerprint density at radius 2 is 2.45 bits per heavy atom. The smallest absolute Gasteiger partial charge is 0.165 e. The van der Waals surface area contributed by atoms with Gasteiger partial charge >= 0.3 is 0 Å². The van der Waals surface area contributed by atoms with Gasteiger partial charge in [0.1, 0.15) is 12.2 Å². The van der Waals surface area contributed by atoms with E-state index in [4.69, 9.17) is 19.1 Å². The van der Waals surface area contributed by atoms with Crippen molar-refractivity contribution in [1.29, 1.82) is 0 Å². The van der Waals surface area contributed by atoms with Gasteiger partial charge in [0.15, 0.2) is 11.5 Å². The van der Waals surface area contributed by atoms with Crippen LogP contribution in [0.25, 0.3) is 0 Å². The van der Waals surface area contributed by atoms with Gasteiger partial charge < -0.3 is 19.5 Å². The third-order valence-electron chi connectivity index (χ3n) is 5.56. The zero-order valence-corrected chi connectivity index (χ0v) is 12.1. The average Bonchev–Trinajstić information content (AvgIpc) is 2.88. The first-order chi connectivity index (χ1) is 13.4. The molecular formula is C18H21NO3. The number of nitrogens with zero attached hydrogens (tertiary/aromatic N) is 1. The van der Waals surface area contributed by atoms with Crippen LogP contribution in [0.4, 0.5) is 0 Å². The fourth-order valence-corrected chi connectivity index (χ4v) is 4.67. The lowest BCUT2D eigenvalue weighted by molar-refractivity contribution is -0.0453. The van der Waals surface area contributed by atoms with Crippen molar-refractivity contribution < 1.29 is 24.2 Å². The van der Waals surface area contributed by atoms with Gasteiger partial charge in [-0.2, -0.15) is 0 Å². The van der Waals surface area contributed by atoms with E-state index in [9.17, 15) is 5.11 Å². The fourth-order valence-electron chi connectivity index (χ4n) is 4.67. The fraction of sp³-hybridized carbons (Fsp3) is 0.556. The first kappa shape index (κ1) is 7.84. The Bertz CT molecular complexity index is 962. The van der Waals surface area contributed by atoms with Crippen molar-refractivity contribution in [3.63, 3.8) is 0 Å². The molecule has 5 rings (SSSR count). The number of likely N-dealkylation sites (N-methyl/N-ethyl adjacent to an activating group) is 1. The maximum absolute atomic E-state index is 10.9. The standard InChI is InChI=1S/C18H21NO3/c1-19-8-7-18-11-4-5-13(20)17(18)22-16-14(21-2)6-3-10(15(16)18)9-12(11)19/h3-6,11-13,17,20H,7-9H2,1-2H3/t11-,12+,13?,17?,18-/m0/s1/i1D3,3D,6D,13D,17D. The van der Waals surface area contributed by atoms with E-state index in [1.807, 2.05) is 0 Å². The molecule has 2 aliphatic carbocycles. The van der Waals surface area contributed by atoms with E-state index >= 15 is 0 Å². The van der Waals surface area contributed by atoms with Crippen LogP contribution in [-0.4, -0.2) is 48.8 Å². The van der Waals surface area contributed by atoms with Crippen molar-refractivity contribution in [2.75, 3.05) is 20.6 Å². The summed E-state index contributed by atoms with van der Waals surface area (Å²) in [5.74, 6) is -0.358. The second kappa shape index (κ2) is 4.06. The van der Waals surface area contributed by atoms with E-state index in [2.05, 4.69) is 0 Å². The summed E-state index contributed by atoms with van der Waals surface area (Å²) in [6.45, 7) is -2.22. The molecule has 4 heteroatoms. The van der Waals surface area contributed by atoms with E-state index in [0.29, 0.717) is 11.1 Å². The number of ether oxygens (including phenoxy) is 2. The van der Waals surface area contributed by atoms with Crippen LogP contribution in [0.5, 0.6) is 11.5 Å². The second-order valence-corrected chi connectivity index (χ2v) is 6.35. The zero-order valence-electron chi connectivity index (χ0n) is 19.1. The SMILES string of the molecule is [2H]c1c([2H])c(OC)c2c3c1C[C@@H]1[C@@H]4C=CC([2H])(O)C([2H])(O2)[C@]34CCN1C([2H])([2H])[2H]. The molecule has 4 aliphatic rings. The number of likely N-dealkylation sites (tertiary alicyclic amines) is 1. The molecule has 22 heavy (non-hydrogen) atoms. The van der Waals surface area contributed by atoms with Crippen LogP contribution in [0.3, 0.4) is 0 Å². The van der Waals surface area contributed by atoms with Crippen LogP contribution < -0.4 is 9.47 Å². The highest BCUT2D eigenvalue weighted by molar-refractivity contribution is 5.62. The van der Waals surface area contributed by atoms with Crippen molar-refractivity contribution in [1.82, 2.24) is 4.90 Å². The number of hydrogen-bond donors (Lipinski definition) is 1. The molecule has 2 bridgehead atoms. The number of rotatable bonds is 1.